The average molecular weight is 398 g/mol. The molecule has 0 saturated carbocycles. The molecule has 0 bridgehead atoms. The topological polar surface area (TPSA) is 121 Å². The van der Waals surface area contributed by atoms with E-state index in [4.69, 9.17) is 5.11 Å². The van der Waals surface area contributed by atoms with Crippen LogP contribution in [0.25, 0.3) is 11.3 Å². The van der Waals surface area contributed by atoms with Gasteiger partial charge in [0.2, 0.25) is 5.95 Å². The fourth-order valence-electron chi connectivity index (χ4n) is 2.47. The fraction of sp³-hybridized carbons (Fsp3) is 0.105. The summed E-state index contributed by atoms with van der Waals surface area (Å²) >= 11 is 0. The Kier molecular flexibility index (Phi) is 5.55. The Morgan fingerprint density at radius 3 is 2.32 bits per heavy atom. The molecule has 0 unspecified atom stereocenters. The quantitative estimate of drug-likeness (QED) is 0.583. The molecule has 1 heterocycles. The van der Waals surface area contributed by atoms with Crippen LogP contribution in [0, 0.1) is 0 Å². The zero-order valence-electron chi connectivity index (χ0n) is 15.0. The number of hydrogen-bond acceptors (Lipinski definition) is 6. The van der Waals surface area contributed by atoms with Crippen LogP contribution >= 0.6 is 0 Å². The highest BCUT2D eigenvalue weighted by atomic mass is 32.2. The minimum Gasteiger partial charge on any atom is -0.465 e. The summed E-state index contributed by atoms with van der Waals surface area (Å²) in [7, 11) is -3.25. The largest absolute Gasteiger partial charge is 0.465 e. The van der Waals surface area contributed by atoms with Crippen LogP contribution in [0.5, 0.6) is 0 Å². The van der Waals surface area contributed by atoms with Crippen LogP contribution in [0.4, 0.5) is 16.4 Å². The summed E-state index contributed by atoms with van der Waals surface area (Å²) in [4.78, 5) is 19.4. The fourth-order valence-corrected chi connectivity index (χ4v) is 3.10. The molecule has 0 fully saturated rings. The Morgan fingerprint density at radius 1 is 1.04 bits per heavy atom. The molecular formula is C19H18N4O4S. The van der Waals surface area contributed by atoms with E-state index < -0.39 is 15.9 Å². The zero-order chi connectivity index (χ0) is 20.1. The molecule has 2 aromatic carbocycles. The summed E-state index contributed by atoms with van der Waals surface area (Å²) < 4.78 is 23.1. The second-order valence-electron chi connectivity index (χ2n) is 6.04. The molecule has 0 aliphatic carbocycles. The maximum Gasteiger partial charge on any atom is 0.404 e. The van der Waals surface area contributed by atoms with Gasteiger partial charge in [-0.1, -0.05) is 24.3 Å². The molecular weight excluding hydrogens is 380 g/mol. The van der Waals surface area contributed by atoms with Gasteiger partial charge in [0.25, 0.3) is 0 Å². The van der Waals surface area contributed by atoms with E-state index in [1.54, 1.807) is 60.8 Å². The third-order valence-corrected chi connectivity index (χ3v) is 5.02. The highest BCUT2D eigenvalue weighted by Crippen LogP contribution is 2.21. The first-order valence-corrected chi connectivity index (χ1v) is 10.2. The predicted molar refractivity (Wildman–Crippen MR) is 105 cm³/mol. The minimum absolute atomic E-state index is 0.227. The van der Waals surface area contributed by atoms with E-state index in [1.807, 2.05) is 0 Å². The lowest BCUT2D eigenvalue weighted by Crippen LogP contribution is -2.19. The van der Waals surface area contributed by atoms with Crippen molar-refractivity contribution >= 4 is 27.6 Å². The van der Waals surface area contributed by atoms with Gasteiger partial charge in [0.05, 0.1) is 10.6 Å². The van der Waals surface area contributed by atoms with E-state index in [2.05, 4.69) is 20.6 Å². The monoisotopic (exact) mass is 398 g/mol. The zero-order valence-corrected chi connectivity index (χ0v) is 15.8. The summed E-state index contributed by atoms with van der Waals surface area (Å²) in [5.74, 6) is 0.390. The highest BCUT2D eigenvalue weighted by molar-refractivity contribution is 7.90. The first kappa shape index (κ1) is 19.3. The lowest BCUT2D eigenvalue weighted by molar-refractivity contribution is 0.194. The number of carboxylic acid groups (broad SMARTS) is 1. The van der Waals surface area contributed by atoms with E-state index in [-0.39, 0.29) is 11.4 Å². The molecule has 1 aromatic heterocycles. The minimum atomic E-state index is -3.25. The molecule has 0 radical (unpaired) electrons. The molecule has 1 amide bonds. The van der Waals surface area contributed by atoms with E-state index >= 15 is 0 Å². The van der Waals surface area contributed by atoms with Gasteiger partial charge in [0, 0.05) is 30.2 Å². The standard InChI is InChI=1S/C19H18N4O4S/c1-28(26,27)16-8-4-14(5-9-16)17-10-11-20-18(23-17)22-15-6-2-13(3-7-15)12-21-19(24)25/h2-11,21H,12H2,1H3,(H,24,25)(H,20,22,23). The molecule has 28 heavy (non-hydrogen) atoms. The van der Waals surface area contributed by atoms with Crippen LogP contribution in [0.3, 0.4) is 0 Å². The van der Waals surface area contributed by atoms with Crippen LogP contribution in [-0.4, -0.2) is 35.8 Å². The van der Waals surface area contributed by atoms with E-state index in [9.17, 15) is 13.2 Å². The molecule has 0 spiro atoms. The lowest BCUT2D eigenvalue weighted by Gasteiger charge is -2.08. The smallest absolute Gasteiger partial charge is 0.404 e. The molecule has 3 N–H and O–H groups in total. The van der Waals surface area contributed by atoms with Gasteiger partial charge in [-0.15, -0.1) is 0 Å². The number of nitrogens with zero attached hydrogens (tertiary/aromatic N) is 2. The Hall–Kier alpha value is -3.46. The third kappa shape index (κ3) is 5.04. The second-order valence-corrected chi connectivity index (χ2v) is 8.06. The molecule has 0 saturated heterocycles. The van der Waals surface area contributed by atoms with Crippen molar-refractivity contribution < 1.29 is 18.3 Å². The van der Waals surface area contributed by atoms with Crippen molar-refractivity contribution in [1.82, 2.24) is 15.3 Å². The second kappa shape index (κ2) is 8.05. The van der Waals surface area contributed by atoms with Crippen LogP contribution < -0.4 is 10.6 Å². The average Bonchev–Trinajstić information content (AvgIpc) is 2.67. The van der Waals surface area contributed by atoms with Gasteiger partial charge in [-0.05, 0) is 35.9 Å². The number of benzene rings is 2. The number of amides is 1. The molecule has 0 aliphatic heterocycles. The van der Waals surface area contributed by atoms with E-state index in [0.29, 0.717) is 11.6 Å². The molecule has 8 nitrogen and oxygen atoms in total. The molecule has 9 heteroatoms. The highest BCUT2D eigenvalue weighted by Gasteiger charge is 2.08. The van der Waals surface area contributed by atoms with Crippen molar-refractivity contribution in [2.24, 2.45) is 0 Å². The summed E-state index contributed by atoms with van der Waals surface area (Å²) in [5, 5.41) is 14.0. The number of nitrogens with one attached hydrogen (secondary N) is 2. The number of rotatable bonds is 6. The van der Waals surface area contributed by atoms with Gasteiger partial charge in [-0.3, -0.25) is 0 Å². The van der Waals surface area contributed by atoms with Crippen molar-refractivity contribution in [2.45, 2.75) is 11.4 Å². The molecule has 0 aliphatic rings. The summed E-state index contributed by atoms with van der Waals surface area (Å²) in [6.07, 6.45) is 1.70. The maximum absolute atomic E-state index is 11.6. The Labute approximate surface area is 162 Å². The Bertz CT molecular complexity index is 1080. The van der Waals surface area contributed by atoms with Crippen molar-refractivity contribution in [3.8, 4) is 11.3 Å². The summed E-state index contributed by atoms with van der Waals surface area (Å²) in [5.41, 5.74) is 3.00. The molecule has 3 rings (SSSR count). The number of carbonyl (C=O) groups is 1. The van der Waals surface area contributed by atoms with Crippen LogP contribution in [0.1, 0.15) is 5.56 Å². The first-order valence-electron chi connectivity index (χ1n) is 8.27. The van der Waals surface area contributed by atoms with Gasteiger partial charge in [-0.25, -0.2) is 23.2 Å². The number of hydrogen-bond donors (Lipinski definition) is 3. The molecule has 3 aromatic rings. The van der Waals surface area contributed by atoms with Crippen LogP contribution in [-0.2, 0) is 16.4 Å². The van der Waals surface area contributed by atoms with Gasteiger partial charge in [-0.2, -0.15) is 0 Å². The number of sulfone groups is 1. The number of aromatic nitrogens is 2. The molecule has 144 valence electrons. The summed E-state index contributed by atoms with van der Waals surface area (Å²) in [6, 6.07) is 15.4. The first-order chi connectivity index (χ1) is 13.3. The number of anilines is 2. The third-order valence-electron chi connectivity index (χ3n) is 3.89. The van der Waals surface area contributed by atoms with Gasteiger partial charge >= 0.3 is 6.09 Å². The van der Waals surface area contributed by atoms with E-state index in [1.165, 1.54) is 0 Å². The van der Waals surface area contributed by atoms with Crippen molar-refractivity contribution in [1.29, 1.82) is 0 Å². The Balaban J connectivity index is 1.74. The van der Waals surface area contributed by atoms with Gasteiger partial charge in [0.1, 0.15) is 0 Å². The summed E-state index contributed by atoms with van der Waals surface area (Å²) in [6.45, 7) is 0.227. The van der Waals surface area contributed by atoms with Crippen molar-refractivity contribution in [3.05, 3.63) is 66.4 Å². The van der Waals surface area contributed by atoms with Crippen LogP contribution in [0.2, 0.25) is 0 Å². The van der Waals surface area contributed by atoms with Crippen molar-refractivity contribution in [3.63, 3.8) is 0 Å². The van der Waals surface area contributed by atoms with Crippen LogP contribution in [0.15, 0.2) is 65.7 Å². The predicted octanol–water partition coefficient (Wildman–Crippen LogP) is 3.06. The SMILES string of the molecule is CS(=O)(=O)c1ccc(-c2ccnc(Nc3ccc(CNC(=O)O)cc3)n2)cc1. The lowest BCUT2D eigenvalue weighted by atomic mass is 10.1. The normalized spacial score (nSPS) is 11.0. The van der Waals surface area contributed by atoms with E-state index in [0.717, 1.165) is 23.1 Å². The maximum atomic E-state index is 11.6. The molecule has 0 atom stereocenters. The van der Waals surface area contributed by atoms with Gasteiger partial charge in [0.15, 0.2) is 9.84 Å². The van der Waals surface area contributed by atoms with Crippen molar-refractivity contribution in [2.75, 3.05) is 11.6 Å². The van der Waals surface area contributed by atoms with Gasteiger partial charge < -0.3 is 15.7 Å². The Morgan fingerprint density at radius 2 is 1.71 bits per heavy atom.